The van der Waals surface area contributed by atoms with E-state index in [9.17, 15) is 0 Å². The van der Waals surface area contributed by atoms with Crippen molar-refractivity contribution in [2.75, 3.05) is 28.4 Å². The van der Waals surface area contributed by atoms with Gasteiger partial charge in [-0.2, -0.15) is 0 Å². The van der Waals surface area contributed by atoms with E-state index in [1.54, 1.807) is 28.4 Å². The molecule has 10 nitrogen and oxygen atoms in total. The Hall–Kier alpha value is -7.19. The van der Waals surface area contributed by atoms with E-state index in [2.05, 4.69) is 132 Å². The van der Waals surface area contributed by atoms with Gasteiger partial charge < -0.3 is 36.4 Å². The van der Waals surface area contributed by atoms with Gasteiger partial charge in [0.1, 0.15) is 45.7 Å². The third-order valence-electron chi connectivity index (χ3n) is 15.3. The minimum Gasteiger partial charge on any atom is -0.497 e. The van der Waals surface area contributed by atoms with Crippen molar-refractivity contribution in [1.29, 1.82) is 0 Å². The molecule has 0 N–H and O–H groups in total. The standard InChI is InChI=1S/C70H76O10P2/c1-65(2,3)57-41-49(71-13)37-53-54-38-50(72-14)42-58(66(4,5)6)62(54)76-81(75-61(53)57)77-63-55(39-51(73-15)43-59(63)67(7,8)9)56-40-52(74-16)44-60(68(10,11)12)64(56)78-82-79-69(45-29-21-17-22-30-45,46-31-23-18-24-32-46)70(80-82,47-33-25-19-26-34-47)48-35-27-20-28-36-48/h17-44H,1-16H3. The largest absolute Gasteiger partial charge is 0.497 e. The second-order valence-electron chi connectivity index (χ2n) is 25.0. The van der Waals surface area contributed by atoms with Gasteiger partial charge in [0.05, 0.1) is 28.4 Å². The lowest BCUT2D eigenvalue weighted by atomic mass is 9.66. The monoisotopic (exact) mass is 1140 g/mol. The quantitative estimate of drug-likeness (QED) is 0.104. The summed E-state index contributed by atoms with van der Waals surface area (Å²) >= 11 is 0. The number of hydrogen-bond donors (Lipinski definition) is 0. The first-order valence-electron chi connectivity index (χ1n) is 27.8. The van der Waals surface area contributed by atoms with Crippen LogP contribution in [0.1, 0.15) is 128 Å². The van der Waals surface area contributed by atoms with Gasteiger partial charge in [0, 0.05) is 44.2 Å². The molecule has 0 bridgehead atoms. The van der Waals surface area contributed by atoms with E-state index in [0.29, 0.717) is 56.8 Å². The third-order valence-corrected chi connectivity index (χ3v) is 17.5. The highest BCUT2D eigenvalue weighted by atomic mass is 31.2. The Morgan fingerprint density at radius 1 is 0.341 bits per heavy atom. The van der Waals surface area contributed by atoms with Gasteiger partial charge in [0.15, 0.2) is 11.2 Å². The molecule has 0 aliphatic carbocycles. The fraction of sp³-hybridized carbons (Fsp3) is 0.314. The zero-order valence-corrected chi connectivity index (χ0v) is 51.9. The minimum absolute atomic E-state index is 0.405. The second kappa shape index (κ2) is 22.2. The van der Waals surface area contributed by atoms with E-state index in [1.807, 2.05) is 121 Å². The van der Waals surface area contributed by atoms with Crippen molar-refractivity contribution in [2.45, 2.75) is 116 Å². The van der Waals surface area contributed by atoms with Gasteiger partial charge in [-0.15, -0.1) is 0 Å². The van der Waals surface area contributed by atoms with Crippen LogP contribution in [0.4, 0.5) is 0 Å². The third kappa shape index (κ3) is 10.6. The van der Waals surface area contributed by atoms with E-state index in [-0.39, 0.29) is 0 Å². The highest BCUT2D eigenvalue weighted by Gasteiger charge is 2.67. The first-order valence-corrected chi connectivity index (χ1v) is 30.0. The van der Waals surface area contributed by atoms with E-state index in [1.165, 1.54) is 0 Å². The summed E-state index contributed by atoms with van der Waals surface area (Å²) in [5, 5.41) is 1.59. The topological polar surface area (TPSA) is 100 Å². The number of fused-ring (bicyclic) bond motifs is 3. The van der Waals surface area contributed by atoms with Crippen molar-refractivity contribution in [3.05, 3.63) is 214 Å². The molecule has 82 heavy (non-hydrogen) atoms. The smallest absolute Gasteiger partial charge is 0.453 e. The molecule has 9 aromatic rings. The van der Waals surface area contributed by atoms with Crippen LogP contribution in [0.5, 0.6) is 34.5 Å². The van der Waals surface area contributed by atoms with Crippen molar-refractivity contribution < 1.29 is 45.4 Å². The molecule has 10 rings (SSSR count). The summed E-state index contributed by atoms with van der Waals surface area (Å²) in [6.45, 7) is 25.9. The fourth-order valence-corrected chi connectivity index (χ4v) is 13.8. The first-order chi connectivity index (χ1) is 38.9. The van der Waals surface area contributed by atoms with Gasteiger partial charge in [-0.3, -0.25) is 9.05 Å². The zero-order chi connectivity index (χ0) is 58.6. The Morgan fingerprint density at radius 2 is 0.622 bits per heavy atom. The molecule has 12 heteroatoms. The molecule has 1 fully saturated rings. The average molecular weight is 1140 g/mol. The van der Waals surface area contributed by atoms with Crippen LogP contribution in [-0.4, -0.2) is 28.4 Å². The Labute approximate surface area is 486 Å². The van der Waals surface area contributed by atoms with Crippen molar-refractivity contribution in [1.82, 2.24) is 0 Å². The van der Waals surface area contributed by atoms with E-state index >= 15 is 0 Å². The Morgan fingerprint density at radius 3 is 0.915 bits per heavy atom. The summed E-state index contributed by atoms with van der Waals surface area (Å²) in [6, 6.07) is 57.5. The molecule has 1 aliphatic heterocycles. The maximum absolute atomic E-state index is 7.81. The number of benzene rings is 8. The Bertz CT molecular complexity index is 3540. The maximum Gasteiger partial charge on any atom is 0.453 e. The molecule has 0 atom stereocenters. The molecule has 0 unspecified atom stereocenters. The number of methoxy groups -OCH3 is 4. The SMILES string of the molecule is COc1cc(-c2cc(OC)cc(C(C)(C)C)c2Op2oc3c(C(C)(C)C)cc(OC)cc3c3cc(OC)cc(C(C)(C)C)c3o2)c(OP2OC(c3ccccc3)(c3ccccc3)C(c3ccccc3)(c3ccccc3)O2)c(C(C)(C)C)c1. The van der Waals surface area contributed by atoms with Crippen LogP contribution in [0, 0.1) is 0 Å². The number of ether oxygens (including phenoxy) is 4. The van der Waals surface area contributed by atoms with Gasteiger partial charge in [0.25, 0.3) is 0 Å². The van der Waals surface area contributed by atoms with E-state index in [0.717, 1.165) is 55.3 Å². The van der Waals surface area contributed by atoms with Crippen LogP contribution in [0.15, 0.2) is 178 Å². The molecular weight excluding hydrogens is 1060 g/mol. The van der Waals surface area contributed by atoms with Gasteiger partial charge in [0.2, 0.25) is 0 Å². The predicted molar refractivity (Wildman–Crippen MR) is 332 cm³/mol. The first kappa shape index (κ1) is 58.0. The average Bonchev–Trinajstić information content (AvgIpc) is 2.01. The van der Waals surface area contributed by atoms with E-state index < -0.39 is 49.7 Å². The Balaban J connectivity index is 1.29. The molecule has 0 spiro atoms. The predicted octanol–water partition coefficient (Wildman–Crippen LogP) is 19.6. The van der Waals surface area contributed by atoms with Gasteiger partial charge in [-0.05, 0) is 92.4 Å². The molecule has 1 saturated heterocycles. The molecule has 426 valence electrons. The molecule has 8 aromatic carbocycles. The second-order valence-corrected chi connectivity index (χ2v) is 27.0. The zero-order valence-electron chi connectivity index (χ0n) is 50.1. The molecular formula is C70H76O10P2. The molecule has 0 amide bonds. The molecule has 1 aromatic heterocycles. The molecule has 1 aliphatic rings. The number of hydrogen-bond acceptors (Lipinski definition) is 10. The summed E-state index contributed by atoms with van der Waals surface area (Å²) in [5.74, 6) is 3.60. The summed E-state index contributed by atoms with van der Waals surface area (Å²) < 4.78 is 70.1. The van der Waals surface area contributed by atoms with Gasteiger partial charge in [-0.1, -0.05) is 204 Å². The summed E-state index contributed by atoms with van der Waals surface area (Å²) in [6.07, 6.45) is 0. The van der Waals surface area contributed by atoms with Crippen LogP contribution in [0.2, 0.25) is 0 Å². The van der Waals surface area contributed by atoms with Crippen molar-refractivity contribution >= 4 is 38.8 Å². The number of rotatable bonds is 13. The lowest BCUT2D eigenvalue weighted by molar-refractivity contribution is 0.00370. The van der Waals surface area contributed by atoms with Crippen LogP contribution in [0.3, 0.4) is 0 Å². The van der Waals surface area contributed by atoms with Crippen molar-refractivity contribution in [3.8, 4) is 45.6 Å². The van der Waals surface area contributed by atoms with Crippen LogP contribution < -0.4 is 28.0 Å². The van der Waals surface area contributed by atoms with Crippen LogP contribution >= 0.6 is 16.8 Å². The van der Waals surface area contributed by atoms with Crippen LogP contribution in [-0.2, 0) is 41.9 Å². The minimum atomic E-state index is -2.32. The fourth-order valence-electron chi connectivity index (χ4n) is 11.1. The highest BCUT2D eigenvalue weighted by molar-refractivity contribution is 7.42. The lowest BCUT2D eigenvalue weighted by Gasteiger charge is -2.43. The van der Waals surface area contributed by atoms with Crippen molar-refractivity contribution in [2.24, 2.45) is 0 Å². The van der Waals surface area contributed by atoms with E-state index in [4.69, 9.17) is 45.4 Å². The molecule has 2 heterocycles. The molecule has 0 radical (unpaired) electrons. The summed E-state index contributed by atoms with van der Waals surface area (Å²) in [5.41, 5.74) is 5.14. The molecule has 0 saturated carbocycles. The normalized spacial score (nSPS) is 14.6. The van der Waals surface area contributed by atoms with Crippen LogP contribution in [0.25, 0.3) is 33.1 Å². The Kier molecular flexibility index (Phi) is 15.7. The van der Waals surface area contributed by atoms with Crippen molar-refractivity contribution in [3.63, 3.8) is 0 Å². The lowest BCUT2D eigenvalue weighted by Crippen LogP contribution is -2.48. The summed E-state index contributed by atoms with van der Waals surface area (Å²) in [4.78, 5) is 0. The van der Waals surface area contributed by atoms with Gasteiger partial charge in [-0.25, -0.2) is 0 Å². The summed E-state index contributed by atoms with van der Waals surface area (Å²) in [7, 11) is 2.09. The maximum atomic E-state index is 7.81. The highest BCUT2D eigenvalue weighted by Crippen LogP contribution is 2.71. The van der Waals surface area contributed by atoms with Gasteiger partial charge >= 0.3 is 16.8 Å².